The first-order chi connectivity index (χ1) is 9.49. The van der Waals surface area contributed by atoms with Crippen LogP contribution in [0.25, 0.3) is 0 Å². The molecule has 0 aromatic heterocycles. The summed E-state index contributed by atoms with van der Waals surface area (Å²) in [6.45, 7) is 8.01. The Kier molecular flexibility index (Phi) is 3.48. The summed E-state index contributed by atoms with van der Waals surface area (Å²) in [6, 6.07) is 0.226. The van der Waals surface area contributed by atoms with Gasteiger partial charge in [-0.15, -0.1) is 0 Å². The van der Waals surface area contributed by atoms with Gasteiger partial charge in [0.05, 0.1) is 6.54 Å². The third-order valence-corrected chi connectivity index (χ3v) is 5.09. The minimum absolute atomic E-state index is 0.183. The zero-order valence-electron chi connectivity index (χ0n) is 12.5. The van der Waals surface area contributed by atoms with Gasteiger partial charge in [-0.1, -0.05) is 13.8 Å². The molecule has 1 saturated carbocycles. The van der Waals surface area contributed by atoms with Gasteiger partial charge in [-0.05, 0) is 24.7 Å². The van der Waals surface area contributed by atoms with Gasteiger partial charge in [-0.2, -0.15) is 0 Å². The molecule has 2 saturated heterocycles. The largest absolute Gasteiger partial charge is 0.340 e. The van der Waals surface area contributed by atoms with Crippen molar-refractivity contribution in [3.05, 3.63) is 0 Å². The van der Waals surface area contributed by atoms with E-state index in [0.29, 0.717) is 12.5 Å². The van der Waals surface area contributed by atoms with Gasteiger partial charge in [0, 0.05) is 38.1 Å². The number of amides is 2. The quantitative estimate of drug-likeness (QED) is 0.799. The maximum atomic E-state index is 12.5. The summed E-state index contributed by atoms with van der Waals surface area (Å²) >= 11 is 0. The summed E-state index contributed by atoms with van der Waals surface area (Å²) in [5.41, 5.74) is 0.189. The predicted octanol–water partition coefficient (Wildman–Crippen LogP) is 0.455. The lowest BCUT2D eigenvalue weighted by Crippen LogP contribution is -2.57. The Morgan fingerprint density at radius 1 is 1.35 bits per heavy atom. The van der Waals surface area contributed by atoms with E-state index in [1.165, 1.54) is 0 Å². The highest BCUT2D eigenvalue weighted by Gasteiger charge is 2.52. The highest BCUT2D eigenvalue weighted by atomic mass is 16.2. The van der Waals surface area contributed by atoms with Crippen LogP contribution in [0.15, 0.2) is 0 Å². The summed E-state index contributed by atoms with van der Waals surface area (Å²) < 4.78 is 0. The number of piperidine rings is 1. The molecule has 3 aliphatic rings. The van der Waals surface area contributed by atoms with E-state index in [-0.39, 0.29) is 23.3 Å². The molecule has 5 nitrogen and oxygen atoms in total. The average Bonchev–Trinajstić information content (AvgIpc) is 3.07. The Morgan fingerprint density at radius 3 is 2.75 bits per heavy atom. The summed E-state index contributed by atoms with van der Waals surface area (Å²) in [6.07, 6.45) is 3.06. The molecule has 2 atom stereocenters. The van der Waals surface area contributed by atoms with Crippen molar-refractivity contribution < 1.29 is 9.59 Å². The summed E-state index contributed by atoms with van der Waals surface area (Å²) in [5.74, 6) is 0.699. The number of nitrogens with zero attached hydrogens (tertiary/aromatic N) is 2. The first-order valence-corrected chi connectivity index (χ1v) is 7.78. The van der Waals surface area contributed by atoms with E-state index in [2.05, 4.69) is 19.2 Å². The van der Waals surface area contributed by atoms with Crippen LogP contribution in [0, 0.1) is 11.3 Å². The number of piperazine rings is 1. The van der Waals surface area contributed by atoms with Gasteiger partial charge in [0.25, 0.3) is 0 Å². The van der Waals surface area contributed by atoms with E-state index in [4.69, 9.17) is 0 Å². The van der Waals surface area contributed by atoms with Crippen molar-refractivity contribution in [1.29, 1.82) is 0 Å². The van der Waals surface area contributed by atoms with Crippen molar-refractivity contribution in [3.8, 4) is 0 Å². The Hall–Kier alpha value is -1.10. The molecule has 0 aromatic carbocycles. The molecule has 5 heteroatoms. The fraction of sp³-hybridized carbons (Fsp3) is 0.867. The molecule has 2 amide bonds. The fourth-order valence-electron chi connectivity index (χ4n) is 3.53. The van der Waals surface area contributed by atoms with Crippen LogP contribution in [0.3, 0.4) is 0 Å². The molecule has 112 valence electrons. The molecule has 0 spiro atoms. The van der Waals surface area contributed by atoms with Crippen LogP contribution >= 0.6 is 0 Å². The summed E-state index contributed by atoms with van der Waals surface area (Å²) in [7, 11) is 0. The molecular formula is C15H25N3O2. The Balaban J connectivity index is 1.61. The number of likely N-dealkylation sites (tertiary alicyclic amines) is 1. The van der Waals surface area contributed by atoms with Crippen molar-refractivity contribution in [3.63, 3.8) is 0 Å². The van der Waals surface area contributed by atoms with Crippen LogP contribution < -0.4 is 5.32 Å². The Labute approximate surface area is 120 Å². The second-order valence-corrected chi connectivity index (χ2v) is 7.09. The molecule has 1 aliphatic carbocycles. The zero-order valence-corrected chi connectivity index (χ0v) is 12.5. The Morgan fingerprint density at radius 2 is 2.10 bits per heavy atom. The topological polar surface area (TPSA) is 52.7 Å². The lowest BCUT2D eigenvalue weighted by molar-refractivity contribution is -0.141. The number of hydrogen-bond donors (Lipinski definition) is 1. The van der Waals surface area contributed by atoms with E-state index in [0.717, 1.165) is 45.4 Å². The highest BCUT2D eigenvalue weighted by Crippen LogP contribution is 2.52. The number of carbonyl (C=O) groups excluding carboxylic acids is 2. The van der Waals surface area contributed by atoms with Crippen molar-refractivity contribution in [2.24, 2.45) is 11.3 Å². The standard InChI is InChI=1S/C15H25N3O2/c1-15(2)8-12(15)14(20)17-6-3-4-11(10-17)18-7-5-16-9-13(18)19/h11-12,16H,3-10H2,1-2H3. The van der Waals surface area contributed by atoms with E-state index >= 15 is 0 Å². The normalized spacial score (nSPS) is 33.2. The molecule has 0 bridgehead atoms. The molecule has 2 heterocycles. The van der Waals surface area contributed by atoms with Gasteiger partial charge < -0.3 is 15.1 Å². The van der Waals surface area contributed by atoms with Crippen molar-refractivity contribution in [1.82, 2.24) is 15.1 Å². The van der Waals surface area contributed by atoms with E-state index in [1.807, 2.05) is 9.80 Å². The van der Waals surface area contributed by atoms with Crippen LogP contribution in [-0.2, 0) is 9.59 Å². The molecule has 3 rings (SSSR count). The SMILES string of the molecule is CC1(C)CC1C(=O)N1CCCC(N2CCNCC2=O)C1. The predicted molar refractivity (Wildman–Crippen MR) is 76.1 cm³/mol. The molecular weight excluding hydrogens is 254 g/mol. The first-order valence-electron chi connectivity index (χ1n) is 7.78. The third kappa shape index (κ3) is 2.55. The monoisotopic (exact) mass is 279 g/mol. The molecule has 0 aromatic rings. The van der Waals surface area contributed by atoms with Crippen LogP contribution in [0.4, 0.5) is 0 Å². The van der Waals surface area contributed by atoms with E-state index in [9.17, 15) is 9.59 Å². The van der Waals surface area contributed by atoms with Gasteiger partial charge >= 0.3 is 0 Å². The van der Waals surface area contributed by atoms with E-state index in [1.54, 1.807) is 0 Å². The number of hydrogen-bond acceptors (Lipinski definition) is 3. The van der Waals surface area contributed by atoms with Gasteiger partial charge in [-0.25, -0.2) is 0 Å². The molecule has 2 aliphatic heterocycles. The average molecular weight is 279 g/mol. The number of nitrogens with one attached hydrogen (secondary N) is 1. The molecule has 20 heavy (non-hydrogen) atoms. The maximum absolute atomic E-state index is 12.5. The Bertz CT molecular complexity index is 421. The summed E-state index contributed by atoms with van der Waals surface area (Å²) in [5, 5.41) is 3.10. The number of rotatable bonds is 2. The van der Waals surface area contributed by atoms with Crippen LogP contribution in [-0.4, -0.2) is 60.4 Å². The lowest BCUT2D eigenvalue weighted by atomic mass is 10.0. The highest BCUT2D eigenvalue weighted by molar-refractivity contribution is 5.83. The van der Waals surface area contributed by atoms with Crippen molar-refractivity contribution in [2.45, 2.75) is 39.2 Å². The fourth-order valence-corrected chi connectivity index (χ4v) is 3.53. The van der Waals surface area contributed by atoms with Gasteiger partial charge in [-0.3, -0.25) is 9.59 Å². The first kappa shape index (κ1) is 13.9. The molecule has 1 N–H and O–H groups in total. The van der Waals surface area contributed by atoms with Crippen molar-refractivity contribution >= 4 is 11.8 Å². The van der Waals surface area contributed by atoms with Crippen LogP contribution in [0.2, 0.25) is 0 Å². The van der Waals surface area contributed by atoms with Gasteiger partial charge in [0.1, 0.15) is 0 Å². The van der Waals surface area contributed by atoms with Crippen LogP contribution in [0.1, 0.15) is 33.1 Å². The van der Waals surface area contributed by atoms with Gasteiger partial charge in [0.15, 0.2) is 0 Å². The van der Waals surface area contributed by atoms with E-state index < -0.39 is 0 Å². The number of carbonyl (C=O) groups is 2. The minimum atomic E-state index is 0.183. The second-order valence-electron chi connectivity index (χ2n) is 7.09. The summed E-state index contributed by atoms with van der Waals surface area (Å²) in [4.78, 5) is 28.5. The lowest BCUT2D eigenvalue weighted by Gasteiger charge is -2.41. The zero-order chi connectivity index (χ0) is 14.3. The minimum Gasteiger partial charge on any atom is -0.340 e. The van der Waals surface area contributed by atoms with Crippen molar-refractivity contribution in [2.75, 3.05) is 32.7 Å². The molecule has 2 unspecified atom stereocenters. The smallest absolute Gasteiger partial charge is 0.236 e. The molecule has 3 fully saturated rings. The second kappa shape index (κ2) is 5.02. The molecule has 0 radical (unpaired) electrons. The van der Waals surface area contributed by atoms with Gasteiger partial charge in [0.2, 0.25) is 11.8 Å². The van der Waals surface area contributed by atoms with Crippen LogP contribution in [0.5, 0.6) is 0 Å². The third-order valence-electron chi connectivity index (χ3n) is 5.09. The maximum Gasteiger partial charge on any atom is 0.236 e.